The molecule has 4 rings (SSSR count). The molecule has 1 heteroatoms. The summed E-state index contributed by atoms with van der Waals surface area (Å²) in [4.78, 5) is 0. The highest BCUT2D eigenvalue weighted by molar-refractivity contribution is 5.84. The van der Waals surface area contributed by atoms with E-state index in [1.54, 1.807) is 6.07 Å². The quantitative estimate of drug-likeness (QED) is 0.513. The van der Waals surface area contributed by atoms with Crippen LogP contribution >= 0.6 is 0 Å². The van der Waals surface area contributed by atoms with E-state index in [2.05, 4.69) is 63.2 Å². The van der Waals surface area contributed by atoms with Gasteiger partial charge in [-0.05, 0) is 58.7 Å². The van der Waals surface area contributed by atoms with Gasteiger partial charge in [-0.1, -0.05) is 81.8 Å². The van der Waals surface area contributed by atoms with Crippen molar-refractivity contribution in [2.75, 3.05) is 0 Å². The second kappa shape index (κ2) is 6.88. The van der Waals surface area contributed by atoms with E-state index in [-0.39, 0.29) is 5.41 Å². The minimum absolute atomic E-state index is 0.0647. The van der Waals surface area contributed by atoms with Gasteiger partial charge in [0.05, 0.1) is 0 Å². The lowest BCUT2D eigenvalue weighted by Crippen LogP contribution is -2.27. The van der Waals surface area contributed by atoms with Gasteiger partial charge in [-0.2, -0.15) is 0 Å². The third-order valence-corrected chi connectivity index (χ3v) is 5.92. The Labute approximate surface area is 162 Å². The third kappa shape index (κ3) is 2.86. The Morgan fingerprint density at radius 2 is 1.48 bits per heavy atom. The molecule has 138 valence electrons. The molecule has 0 radical (unpaired) electrons. The van der Waals surface area contributed by atoms with Gasteiger partial charge in [0.2, 0.25) is 0 Å². The fraction of sp³-hybridized carbons (Fsp3) is 0.308. The Morgan fingerprint density at radius 3 is 2.19 bits per heavy atom. The summed E-state index contributed by atoms with van der Waals surface area (Å²) in [5, 5.41) is 10.4. The number of para-hydroxylation sites is 1. The molecule has 0 spiro atoms. The molecule has 0 bridgehead atoms. The van der Waals surface area contributed by atoms with E-state index in [4.69, 9.17) is 0 Å². The number of aromatic hydroxyl groups is 1. The smallest absolute Gasteiger partial charge is 0.123 e. The molecule has 0 fully saturated rings. The predicted octanol–water partition coefficient (Wildman–Crippen LogP) is 7.17. The molecule has 3 aromatic carbocycles. The van der Waals surface area contributed by atoms with Crippen LogP contribution in [-0.4, -0.2) is 5.11 Å². The lowest BCUT2D eigenvalue weighted by molar-refractivity contribution is 0.377. The summed E-state index contributed by atoms with van der Waals surface area (Å²) in [5.74, 6) is 0.960. The van der Waals surface area contributed by atoms with E-state index >= 15 is 0 Å². The average molecular weight is 357 g/mol. The molecule has 1 atom stereocenters. The Kier molecular flexibility index (Phi) is 4.55. The predicted molar refractivity (Wildman–Crippen MR) is 114 cm³/mol. The summed E-state index contributed by atoms with van der Waals surface area (Å²) >= 11 is 0. The number of fused-ring (bicyclic) bond motifs is 3. The highest BCUT2D eigenvalue weighted by Gasteiger charge is 2.42. The number of hydrogen-bond donors (Lipinski definition) is 1. The van der Waals surface area contributed by atoms with E-state index in [0.717, 1.165) is 30.4 Å². The third-order valence-electron chi connectivity index (χ3n) is 5.92. The van der Waals surface area contributed by atoms with Gasteiger partial charge in [-0.25, -0.2) is 0 Å². The minimum atomic E-state index is 0.0647. The van der Waals surface area contributed by atoms with Crippen molar-refractivity contribution in [3.8, 4) is 28.0 Å². The fourth-order valence-electron chi connectivity index (χ4n) is 5.06. The molecule has 0 heterocycles. The maximum atomic E-state index is 10.4. The van der Waals surface area contributed by atoms with Crippen molar-refractivity contribution in [3.05, 3.63) is 77.9 Å². The summed E-state index contributed by atoms with van der Waals surface area (Å²) in [6.07, 6.45) is 3.45. The largest absolute Gasteiger partial charge is 0.507 e. The summed E-state index contributed by atoms with van der Waals surface area (Å²) < 4.78 is 0. The van der Waals surface area contributed by atoms with E-state index < -0.39 is 0 Å². The van der Waals surface area contributed by atoms with Crippen LogP contribution in [0.5, 0.6) is 5.75 Å². The lowest BCUT2D eigenvalue weighted by atomic mass is 9.69. The maximum Gasteiger partial charge on any atom is 0.123 e. The van der Waals surface area contributed by atoms with Crippen LogP contribution in [0.1, 0.15) is 51.2 Å². The highest BCUT2D eigenvalue weighted by atomic mass is 16.3. The summed E-state index contributed by atoms with van der Waals surface area (Å²) in [7, 11) is 0. The fourth-order valence-corrected chi connectivity index (χ4v) is 5.06. The van der Waals surface area contributed by atoms with Gasteiger partial charge < -0.3 is 5.11 Å². The average Bonchev–Trinajstić information content (AvgIpc) is 2.92. The molecular weight excluding hydrogens is 328 g/mol. The van der Waals surface area contributed by atoms with Crippen molar-refractivity contribution in [1.29, 1.82) is 0 Å². The van der Waals surface area contributed by atoms with Crippen LogP contribution in [0, 0.1) is 5.92 Å². The van der Waals surface area contributed by atoms with Crippen molar-refractivity contribution in [1.82, 2.24) is 0 Å². The zero-order valence-electron chi connectivity index (χ0n) is 16.5. The van der Waals surface area contributed by atoms with Crippen LogP contribution in [-0.2, 0) is 5.41 Å². The molecule has 0 aliphatic heterocycles. The molecule has 1 aliphatic carbocycles. The van der Waals surface area contributed by atoms with E-state index in [1.807, 2.05) is 18.2 Å². The maximum absolute atomic E-state index is 10.4. The number of phenolic OH excluding ortho intramolecular Hbond substituents is 1. The van der Waals surface area contributed by atoms with Gasteiger partial charge in [0.1, 0.15) is 5.75 Å². The summed E-state index contributed by atoms with van der Waals surface area (Å²) in [6.45, 7) is 6.94. The molecule has 1 N–H and O–H groups in total. The van der Waals surface area contributed by atoms with Crippen LogP contribution in [0.2, 0.25) is 0 Å². The second-order valence-corrected chi connectivity index (χ2v) is 8.25. The first-order valence-corrected chi connectivity index (χ1v) is 10.1. The molecule has 1 nitrogen and oxygen atoms in total. The van der Waals surface area contributed by atoms with E-state index in [9.17, 15) is 5.11 Å². The van der Waals surface area contributed by atoms with Gasteiger partial charge in [-0.3, -0.25) is 0 Å². The lowest BCUT2D eigenvalue weighted by Gasteiger charge is -2.34. The molecule has 1 aliphatic rings. The van der Waals surface area contributed by atoms with Gasteiger partial charge in [0.15, 0.2) is 0 Å². The Bertz CT molecular complexity index is 969. The zero-order valence-corrected chi connectivity index (χ0v) is 16.5. The van der Waals surface area contributed by atoms with Crippen LogP contribution in [0.3, 0.4) is 0 Å². The number of rotatable bonds is 5. The number of benzene rings is 3. The van der Waals surface area contributed by atoms with Gasteiger partial charge in [0.25, 0.3) is 0 Å². The van der Waals surface area contributed by atoms with Crippen LogP contribution in [0.15, 0.2) is 66.7 Å². The molecule has 0 aromatic heterocycles. The van der Waals surface area contributed by atoms with Crippen molar-refractivity contribution >= 4 is 0 Å². The molecule has 1 unspecified atom stereocenters. The van der Waals surface area contributed by atoms with Gasteiger partial charge in [-0.15, -0.1) is 0 Å². The van der Waals surface area contributed by atoms with Crippen LogP contribution < -0.4 is 0 Å². The summed E-state index contributed by atoms with van der Waals surface area (Å²) in [5.41, 5.74) is 7.72. The summed E-state index contributed by atoms with van der Waals surface area (Å²) in [6, 6.07) is 23.3. The van der Waals surface area contributed by atoms with Crippen LogP contribution in [0.4, 0.5) is 0 Å². The zero-order chi connectivity index (χ0) is 19.0. The molecule has 0 amide bonds. The monoisotopic (exact) mass is 356 g/mol. The highest BCUT2D eigenvalue weighted by Crippen LogP contribution is 2.55. The molecule has 27 heavy (non-hydrogen) atoms. The molecule has 0 saturated carbocycles. The topological polar surface area (TPSA) is 20.2 Å². The van der Waals surface area contributed by atoms with Crippen LogP contribution in [0.25, 0.3) is 22.3 Å². The Morgan fingerprint density at radius 1 is 0.815 bits per heavy atom. The standard InChI is InChI=1S/C26H28O/c1-4-15-26(17-18(2)3)23-11-7-5-10-21(23)22-14-13-19(16-24(22)26)20-9-6-8-12-25(20)27/h5-14,16,18,27H,4,15,17H2,1-3H3. The Balaban J connectivity index is 1.97. The SMILES string of the molecule is CCCC1(CC(C)C)c2ccccc2-c2ccc(-c3ccccc3O)cc21. The van der Waals surface area contributed by atoms with Crippen molar-refractivity contribution in [2.24, 2.45) is 5.92 Å². The molecule has 3 aromatic rings. The first-order chi connectivity index (χ1) is 13.1. The number of hydrogen-bond acceptors (Lipinski definition) is 1. The van der Waals surface area contributed by atoms with E-state index in [0.29, 0.717) is 11.7 Å². The first kappa shape index (κ1) is 17.9. The van der Waals surface area contributed by atoms with Crippen molar-refractivity contribution in [3.63, 3.8) is 0 Å². The number of phenols is 1. The molecular formula is C26H28O. The first-order valence-electron chi connectivity index (χ1n) is 10.1. The minimum Gasteiger partial charge on any atom is -0.507 e. The van der Waals surface area contributed by atoms with Crippen molar-refractivity contribution in [2.45, 2.75) is 45.4 Å². The molecule has 0 saturated heterocycles. The van der Waals surface area contributed by atoms with Gasteiger partial charge in [0, 0.05) is 11.0 Å². The second-order valence-electron chi connectivity index (χ2n) is 8.25. The van der Waals surface area contributed by atoms with E-state index in [1.165, 1.54) is 22.3 Å². The normalized spacial score (nSPS) is 17.8. The Hall–Kier alpha value is -2.54. The van der Waals surface area contributed by atoms with Gasteiger partial charge >= 0.3 is 0 Å². The van der Waals surface area contributed by atoms with Crippen molar-refractivity contribution < 1.29 is 5.11 Å².